The van der Waals surface area contributed by atoms with Gasteiger partial charge in [-0.05, 0) is 13.0 Å². The molecule has 2 aliphatic rings. The molecule has 0 aromatic rings. The number of carbonyl (C=O) groups excluding carboxylic acids is 1. The van der Waals surface area contributed by atoms with Gasteiger partial charge in [-0.25, -0.2) is 4.79 Å². The summed E-state index contributed by atoms with van der Waals surface area (Å²) >= 11 is 0. The van der Waals surface area contributed by atoms with Crippen LogP contribution in [0.1, 0.15) is 12.8 Å². The van der Waals surface area contributed by atoms with Gasteiger partial charge in [0.25, 0.3) is 0 Å². The number of rotatable bonds is 2. The fourth-order valence-corrected chi connectivity index (χ4v) is 2.78. The van der Waals surface area contributed by atoms with Crippen molar-refractivity contribution in [1.82, 2.24) is 10.2 Å². The largest absolute Gasteiger partial charge is 0.480 e. The molecule has 0 spiro atoms. The van der Waals surface area contributed by atoms with Crippen molar-refractivity contribution in [2.24, 2.45) is 5.41 Å². The Morgan fingerprint density at radius 3 is 2.45 bits per heavy atom. The highest BCUT2D eigenvalue weighted by atomic mass is 19.4. The summed E-state index contributed by atoms with van der Waals surface area (Å²) in [6.07, 6.45) is -6.54. The number of aliphatic hydroxyl groups is 1. The fourth-order valence-electron chi connectivity index (χ4n) is 2.78. The summed E-state index contributed by atoms with van der Waals surface area (Å²) in [6.45, 7) is -0.902. The van der Waals surface area contributed by atoms with E-state index in [1.807, 2.05) is 0 Å². The van der Waals surface area contributed by atoms with Crippen LogP contribution in [-0.4, -0.2) is 64.9 Å². The molecule has 0 radical (unpaired) electrons. The smallest absolute Gasteiger partial charge is 0.404 e. The molecule has 0 aromatic carbocycles. The van der Waals surface area contributed by atoms with Gasteiger partial charge in [0.1, 0.15) is 6.04 Å². The molecule has 20 heavy (non-hydrogen) atoms. The average molecular weight is 296 g/mol. The third kappa shape index (κ3) is 2.24. The number of nitrogens with zero attached hydrogens (tertiary/aromatic N) is 1. The van der Waals surface area contributed by atoms with E-state index in [9.17, 15) is 27.9 Å². The molecule has 114 valence electrons. The Bertz CT molecular complexity index is 420. The van der Waals surface area contributed by atoms with Gasteiger partial charge in [0, 0.05) is 19.5 Å². The Morgan fingerprint density at radius 2 is 2.00 bits per heavy atom. The Hall–Kier alpha value is -1.35. The SMILES string of the molecule is O=C(O)[C@@H]1CC(O)CN1C(=O)C1(C(F)(F)F)CCNC1. The van der Waals surface area contributed by atoms with E-state index in [4.69, 9.17) is 5.11 Å². The molecule has 6 nitrogen and oxygen atoms in total. The molecule has 2 rings (SSSR count). The van der Waals surface area contributed by atoms with Gasteiger partial charge in [-0.15, -0.1) is 0 Å². The number of halogens is 3. The number of likely N-dealkylation sites (tertiary alicyclic amines) is 1. The molecule has 2 heterocycles. The highest BCUT2D eigenvalue weighted by molar-refractivity contribution is 5.89. The first-order valence-corrected chi connectivity index (χ1v) is 6.18. The summed E-state index contributed by atoms with van der Waals surface area (Å²) in [4.78, 5) is 23.9. The predicted octanol–water partition coefficient (Wildman–Crippen LogP) is -0.425. The first-order chi connectivity index (χ1) is 9.19. The van der Waals surface area contributed by atoms with Crippen LogP contribution in [0.15, 0.2) is 0 Å². The van der Waals surface area contributed by atoms with Gasteiger partial charge in [0.2, 0.25) is 5.91 Å². The van der Waals surface area contributed by atoms with E-state index in [2.05, 4.69) is 5.32 Å². The standard InChI is InChI=1S/C11H15F3N2O4/c12-11(13,14)10(1-2-15-5-10)9(20)16-4-6(17)3-7(16)8(18)19/h6-7,15,17H,1-5H2,(H,18,19)/t6?,7-,10?/m0/s1. The Kier molecular flexibility index (Phi) is 3.67. The van der Waals surface area contributed by atoms with Crippen LogP contribution in [-0.2, 0) is 9.59 Å². The van der Waals surface area contributed by atoms with Crippen molar-refractivity contribution >= 4 is 11.9 Å². The third-order valence-electron chi connectivity index (χ3n) is 3.93. The lowest BCUT2D eigenvalue weighted by atomic mass is 9.84. The van der Waals surface area contributed by atoms with Crippen LogP contribution in [0.3, 0.4) is 0 Å². The second-order valence-corrected chi connectivity index (χ2v) is 5.21. The van der Waals surface area contributed by atoms with Gasteiger partial charge in [0.15, 0.2) is 5.41 Å². The monoisotopic (exact) mass is 296 g/mol. The quantitative estimate of drug-likeness (QED) is 0.643. The van der Waals surface area contributed by atoms with Crippen molar-refractivity contribution in [3.05, 3.63) is 0 Å². The molecule has 3 N–H and O–H groups in total. The van der Waals surface area contributed by atoms with E-state index in [1.165, 1.54) is 0 Å². The van der Waals surface area contributed by atoms with Crippen LogP contribution < -0.4 is 5.32 Å². The molecule has 2 unspecified atom stereocenters. The van der Waals surface area contributed by atoms with Crippen molar-refractivity contribution in [2.75, 3.05) is 19.6 Å². The minimum absolute atomic E-state index is 0.0411. The van der Waals surface area contributed by atoms with Crippen molar-refractivity contribution < 1.29 is 33.0 Å². The zero-order valence-electron chi connectivity index (χ0n) is 10.5. The normalized spacial score (nSPS) is 34.5. The number of carbonyl (C=O) groups is 2. The maximum atomic E-state index is 13.2. The molecule has 2 fully saturated rings. The van der Waals surface area contributed by atoms with E-state index < -0.39 is 48.6 Å². The van der Waals surface area contributed by atoms with Gasteiger partial charge in [-0.1, -0.05) is 0 Å². The van der Waals surface area contributed by atoms with Crippen molar-refractivity contribution in [2.45, 2.75) is 31.2 Å². The van der Waals surface area contributed by atoms with Crippen LogP contribution in [0.5, 0.6) is 0 Å². The lowest BCUT2D eigenvalue weighted by Gasteiger charge is -2.34. The number of carboxylic acid groups (broad SMARTS) is 1. The van der Waals surface area contributed by atoms with Crippen LogP contribution in [0.2, 0.25) is 0 Å². The van der Waals surface area contributed by atoms with Gasteiger partial charge in [-0.3, -0.25) is 4.79 Å². The lowest BCUT2D eigenvalue weighted by molar-refractivity contribution is -0.222. The molecule has 0 aromatic heterocycles. The fraction of sp³-hybridized carbons (Fsp3) is 0.818. The van der Waals surface area contributed by atoms with E-state index in [0.29, 0.717) is 4.90 Å². The first kappa shape index (κ1) is 15.0. The molecule has 3 atom stereocenters. The summed E-state index contributed by atoms with van der Waals surface area (Å²) in [5, 5.41) is 20.9. The second kappa shape index (κ2) is 4.88. The summed E-state index contributed by atoms with van der Waals surface area (Å²) in [5.41, 5.74) is -2.59. The first-order valence-electron chi connectivity index (χ1n) is 6.18. The number of hydrogen-bond donors (Lipinski definition) is 3. The number of amides is 1. The van der Waals surface area contributed by atoms with E-state index in [0.717, 1.165) is 0 Å². The number of aliphatic carboxylic acids is 1. The second-order valence-electron chi connectivity index (χ2n) is 5.21. The van der Waals surface area contributed by atoms with Crippen LogP contribution >= 0.6 is 0 Å². The minimum Gasteiger partial charge on any atom is -0.480 e. The van der Waals surface area contributed by atoms with Gasteiger partial charge in [0.05, 0.1) is 6.10 Å². The topological polar surface area (TPSA) is 89.9 Å². The number of carboxylic acids is 1. The van der Waals surface area contributed by atoms with Crippen molar-refractivity contribution in [3.63, 3.8) is 0 Å². The summed E-state index contributed by atoms with van der Waals surface area (Å²) in [5.74, 6) is -2.67. The summed E-state index contributed by atoms with van der Waals surface area (Å²) in [7, 11) is 0. The maximum absolute atomic E-state index is 13.2. The molecule has 0 aliphatic carbocycles. The van der Waals surface area contributed by atoms with Gasteiger partial charge < -0.3 is 20.4 Å². The zero-order chi connectivity index (χ0) is 15.1. The van der Waals surface area contributed by atoms with Crippen LogP contribution in [0, 0.1) is 5.41 Å². The highest BCUT2D eigenvalue weighted by Crippen LogP contribution is 2.45. The number of aliphatic hydroxyl groups excluding tert-OH is 1. The molecule has 2 aliphatic heterocycles. The van der Waals surface area contributed by atoms with E-state index in [-0.39, 0.29) is 19.5 Å². The Labute approximate surface area is 112 Å². The Morgan fingerprint density at radius 1 is 1.35 bits per heavy atom. The molecule has 0 saturated carbocycles. The number of alkyl halides is 3. The summed E-state index contributed by atoms with van der Waals surface area (Å²) < 4.78 is 39.7. The van der Waals surface area contributed by atoms with Crippen LogP contribution in [0.4, 0.5) is 13.2 Å². The van der Waals surface area contributed by atoms with Gasteiger partial charge >= 0.3 is 12.1 Å². The molecule has 2 saturated heterocycles. The highest BCUT2D eigenvalue weighted by Gasteiger charge is 2.63. The summed E-state index contributed by atoms with van der Waals surface area (Å²) in [6, 6.07) is -1.41. The minimum atomic E-state index is -4.76. The molecule has 0 bridgehead atoms. The third-order valence-corrected chi connectivity index (χ3v) is 3.93. The van der Waals surface area contributed by atoms with E-state index in [1.54, 1.807) is 0 Å². The molecule has 1 amide bonds. The maximum Gasteiger partial charge on any atom is 0.404 e. The Balaban J connectivity index is 2.31. The van der Waals surface area contributed by atoms with Crippen molar-refractivity contribution in [1.29, 1.82) is 0 Å². The van der Waals surface area contributed by atoms with Gasteiger partial charge in [-0.2, -0.15) is 13.2 Å². The lowest BCUT2D eigenvalue weighted by Crippen LogP contribution is -2.56. The molecular weight excluding hydrogens is 281 g/mol. The number of nitrogens with one attached hydrogen (secondary N) is 1. The van der Waals surface area contributed by atoms with E-state index >= 15 is 0 Å². The number of hydrogen-bond acceptors (Lipinski definition) is 4. The average Bonchev–Trinajstić information content (AvgIpc) is 2.93. The molecule has 9 heteroatoms. The molecular formula is C11H15F3N2O4. The number of β-amino-alcohol motifs (C(OH)–C–C–N with tert-alkyl or cyclic N) is 1. The van der Waals surface area contributed by atoms with Crippen molar-refractivity contribution in [3.8, 4) is 0 Å². The zero-order valence-corrected chi connectivity index (χ0v) is 10.5. The predicted molar refractivity (Wildman–Crippen MR) is 59.7 cm³/mol. The van der Waals surface area contributed by atoms with Crippen LogP contribution in [0.25, 0.3) is 0 Å².